The second-order valence-electron chi connectivity index (χ2n) is 8.24. The lowest BCUT2D eigenvalue weighted by Gasteiger charge is -2.30. The molecule has 2 aromatic carbocycles. The van der Waals surface area contributed by atoms with Crippen LogP contribution in [0.3, 0.4) is 0 Å². The molecule has 1 saturated heterocycles. The number of Topliss-reactive ketones (excluding diaryl/α,β-unsaturated/α-hetero) is 1. The Morgan fingerprint density at radius 3 is 1.52 bits per heavy atom. The van der Waals surface area contributed by atoms with Gasteiger partial charge in [-0.3, -0.25) is 9.59 Å². The molecule has 0 aliphatic carbocycles. The van der Waals surface area contributed by atoms with Crippen molar-refractivity contribution >= 4 is 35.2 Å². The van der Waals surface area contributed by atoms with Gasteiger partial charge >= 0.3 is 0 Å². The quantitative estimate of drug-likeness (QED) is 0.687. The number of carbonyl (C=O) groups excluding carboxylic acids is 2. The molecule has 5 heteroatoms. The molecule has 31 heavy (non-hydrogen) atoms. The average Bonchev–Trinajstić information content (AvgIpc) is 2.76. The van der Waals surface area contributed by atoms with E-state index in [-0.39, 0.29) is 11.7 Å². The minimum Gasteiger partial charge on any atom is -0.378 e. The largest absolute Gasteiger partial charge is 0.378 e. The third-order valence-corrected chi connectivity index (χ3v) is 5.46. The molecule has 0 saturated carbocycles. The predicted molar refractivity (Wildman–Crippen MR) is 129 cm³/mol. The van der Waals surface area contributed by atoms with E-state index in [2.05, 4.69) is 0 Å². The summed E-state index contributed by atoms with van der Waals surface area (Å²) in [7, 11) is 7.98. The zero-order chi connectivity index (χ0) is 22.5. The van der Waals surface area contributed by atoms with Gasteiger partial charge in [0.15, 0.2) is 5.78 Å². The number of likely N-dealkylation sites (tertiary alicyclic amines) is 1. The van der Waals surface area contributed by atoms with Gasteiger partial charge in [-0.05, 0) is 47.5 Å². The van der Waals surface area contributed by atoms with Crippen LogP contribution in [0.2, 0.25) is 0 Å². The fourth-order valence-electron chi connectivity index (χ4n) is 3.58. The number of hydrogen-bond acceptors (Lipinski definition) is 4. The van der Waals surface area contributed by atoms with Gasteiger partial charge in [0.25, 0.3) is 0 Å². The maximum atomic E-state index is 13.3. The van der Waals surface area contributed by atoms with Crippen molar-refractivity contribution in [2.45, 2.75) is 13.3 Å². The van der Waals surface area contributed by atoms with Gasteiger partial charge < -0.3 is 14.7 Å². The van der Waals surface area contributed by atoms with Crippen molar-refractivity contribution in [3.63, 3.8) is 0 Å². The van der Waals surface area contributed by atoms with Gasteiger partial charge in [-0.25, -0.2) is 0 Å². The van der Waals surface area contributed by atoms with Crippen molar-refractivity contribution in [2.24, 2.45) is 0 Å². The molecular weight excluding hydrogens is 386 g/mol. The number of rotatable bonds is 5. The van der Waals surface area contributed by atoms with Crippen molar-refractivity contribution in [2.75, 3.05) is 51.1 Å². The number of anilines is 2. The predicted octanol–water partition coefficient (Wildman–Crippen LogP) is 4.11. The molecular formula is C26H31N3O2. The maximum absolute atomic E-state index is 13.3. The molecule has 5 nitrogen and oxygen atoms in total. The van der Waals surface area contributed by atoms with E-state index >= 15 is 0 Å². The number of carbonyl (C=O) groups is 2. The molecule has 1 amide bonds. The van der Waals surface area contributed by atoms with E-state index in [1.54, 1.807) is 4.90 Å². The van der Waals surface area contributed by atoms with Crippen molar-refractivity contribution in [1.82, 2.24) is 4.90 Å². The number of ketones is 1. The van der Waals surface area contributed by atoms with Crippen LogP contribution in [0.1, 0.15) is 24.5 Å². The van der Waals surface area contributed by atoms with Crippen LogP contribution in [-0.4, -0.2) is 57.9 Å². The molecule has 1 fully saturated rings. The van der Waals surface area contributed by atoms with Crippen molar-refractivity contribution in [1.29, 1.82) is 0 Å². The number of amides is 1. The first-order valence-electron chi connectivity index (χ1n) is 10.6. The second-order valence-corrected chi connectivity index (χ2v) is 8.24. The monoisotopic (exact) mass is 417 g/mol. The molecule has 1 aliphatic rings. The summed E-state index contributed by atoms with van der Waals surface area (Å²) >= 11 is 0. The third-order valence-electron chi connectivity index (χ3n) is 5.46. The number of piperidine rings is 1. The van der Waals surface area contributed by atoms with E-state index in [0.717, 1.165) is 22.5 Å². The molecule has 3 rings (SSSR count). The van der Waals surface area contributed by atoms with Crippen LogP contribution in [0.4, 0.5) is 11.4 Å². The van der Waals surface area contributed by atoms with Crippen LogP contribution in [0, 0.1) is 0 Å². The molecule has 1 aliphatic heterocycles. The normalized spacial score (nSPS) is 16.7. The highest BCUT2D eigenvalue weighted by molar-refractivity contribution is 6.15. The Balaban J connectivity index is 1.94. The highest BCUT2D eigenvalue weighted by Crippen LogP contribution is 2.24. The van der Waals surface area contributed by atoms with Gasteiger partial charge in [0, 0.05) is 70.2 Å². The van der Waals surface area contributed by atoms with Crippen LogP contribution >= 0.6 is 0 Å². The number of nitrogens with zero attached hydrogens (tertiary/aromatic N) is 3. The minimum absolute atomic E-state index is 0.00789. The van der Waals surface area contributed by atoms with Gasteiger partial charge in [0.1, 0.15) is 0 Å². The fraction of sp³-hybridized carbons (Fsp3) is 0.308. The third kappa shape index (κ3) is 5.43. The summed E-state index contributed by atoms with van der Waals surface area (Å²) < 4.78 is 0. The molecule has 0 bridgehead atoms. The standard InChI is InChI=1S/C26H31N3O2/c1-6-25(30)29-17-21(15-19-7-11-23(12-8-19)27(2)3)26(31)22(18-29)16-20-9-13-24(14-10-20)28(4)5/h7-16H,6,17-18H2,1-5H3. The summed E-state index contributed by atoms with van der Waals surface area (Å²) in [6.07, 6.45) is 4.23. The van der Waals surface area contributed by atoms with E-state index < -0.39 is 0 Å². The van der Waals surface area contributed by atoms with Gasteiger partial charge in [-0.1, -0.05) is 31.2 Å². The summed E-state index contributed by atoms with van der Waals surface area (Å²) in [5.41, 5.74) is 5.39. The summed E-state index contributed by atoms with van der Waals surface area (Å²) in [6, 6.07) is 16.1. The van der Waals surface area contributed by atoms with E-state index in [0.29, 0.717) is 30.7 Å². The second kappa shape index (κ2) is 9.65. The Hall–Kier alpha value is -3.34. The SMILES string of the molecule is CCC(=O)N1CC(=Cc2ccc(N(C)C)cc2)C(=O)C(=Cc2ccc(N(C)C)cc2)C1. The van der Waals surface area contributed by atoms with Gasteiger partial charge in [0.2, 0.25) is 5.91 Å². The highest BCUT2D eigenvalue weighted by atomic mass is 16.2. The Morgan fingerprint density at radius 1 is 0.806 bits per heavy atom. The Morgan fingerprint density at radius 2 is 1.19 bits per heavy atom. The first-order chi connectivity index (χ1) is 14.8. The lowest BCUT2D eigenvalue weighted by Crippen LogP contribution is -2.41. The molecule has 1 heterocycles. The van der Waals surface area contributed by atoms with Crippen LogP contribution in [0.25, 0.3) is 12.2 Å². The molecule has 0 radical (unpaired) electrons. The van der Waals surface area contributed by atoms with Crippen molar-refractivity contribution < 1.29 is 9.59 Å². The summed E-state index contributed by atoms with van der Waals surface area (Å²) in [5.74, 6) is 0.0590. The maximum Gasteiger partial charge on any atom is 0.222 e. The van der Waals surface area contributed by atoms with Gasteiger partial charge in [-0.2, -0.15) is 0 Å². The highest BCUT2D eigenvalue weighted by Gasteiger charge is 2.28. The molecule has 0 unspecified atom stereocenters. The molecule has 162 valence electrons. The summed E-state index contributed by atoms with van der Waals surface area (Å²) in [6.45, 7) is 2.54. The number of benzene rings is 2. The molecule has 0 aromatic heterocycles. The lowest BCUT2D eigenvalue weighted by atomic mass is 9.94. The van der Waals surface area contributed by atoms with Crippen LogP contribution in [0.15, 0.2) is 59.7 Å². The van der Waals surface area contributed by atoms with Crippen molar-refractivity contribution in [3.05, 3.63) is 70.8 Å². The Bertz CT molecular complexity index is 926. The van der Waals surface area contributed by atoms with Gasteiger partial charge in [-0.15, -0.1) is 0 Å². The average molecular weight is 418 g/mol. The summed E-state index contributed by atoms with van der Waals surface area (Å²) in [4.78, 5) is 31.5. The lowest BCUT2D eigenvalue weighted by molar-refractivity contribution is -0.131. The Kier molecular flexibility index (Phi) is 6.95. The zero-order valence-electron chi connectivity index (χ0n) is 19.1. The molecule has 0 atom stereocenters. The zero-order valence-corrected chi connectivity index (χ0v) is 19.1. The molecule has 0 N–H and O–H groups in total. The van der Waals surface area contributed by atoms with Crippen molar-refractivity contribution in [3.8, 4) is 0 Å². The van der Waals surface area contributed by atoms with E-state index in [4.69, 9.17) is 0 Å². The van der Waals surface area contributed by atoms with Gasteiger partial charge in [0.05, 0.1) is 0 Å². The van der Waals surface area contributed by atoms with Crippen LogP contribution in [-0.2, 0) is 9.59 Å². The summed E-state index contributed by atoms with van der Waals surface area (Å²) in [5, 5.41) is 0. The first-order valence-corrected chi connectivity index (χ1v) is 10.6. The first kappa shape index (κ1) is 22.3. The minimum atomic E-state index is 0.00789. The van der Waals surface area contributed by atoms with Crippen LogP contribution in [0.5, 0.6) is 0 Å². The van der Waals surface area contributed by atoms with Crippen LogP contribution < -0.4 is 9.80 Å². The Labute approximate surface area is 185 Å². The molecule has 0 spiro atoms. The smallest absolute Gasteiger partial charge is 0.222 e. The fourth-order valence-corrected chi connectivity index (χ4v) is 3.58. The topological polar surface area (TPSA) is 43.9 Å². The van der Waals surface area contributed by atoms with E-state index in [1.165, 1.54) is 0 Å². The number of hydrogen-bond donors (Lipinski definition) is 0. The van der Waals surface area contributed by atoms with E-state index in [1.807, 2.05) is 106 Å². The van der Waals surface area contributed by atoms with E-state index in [9.17, 15) is 9.59 Å². The molecule has 2 aromatic rings.